The lowest BCUT2D eigenvalue weighted by Gasteiger charge is -2.47. The highest BCUT2D eigenvalue weighted by molar-refractivity contribution is 8.00. The normalized spacial score (nSPS) is 25.7. The Morgan fingerprint density at radius 1 is 1.21 bits per heavy atom. The minimum Gasteiger partial charge on any atom is -0.477 e. The van der Waals surface area contributed by atoms with Crippen molar-refractivity contribution in [2.24, 2.45) is 5.73 Å². The van der Waals surface area contributed by atoms with E-state index in [1.54, 1.807) is 15.9 Å². The largest absolute Gasteiger partial charge is 0.490 e. The average Bonchev–Trinajstić information content (AvgIpc) is 3.48. The van der Waals surface area contributed by atoms with Gasteiger partial charge in [0, 0.05) is 31.0 Å². The second kappa shape index (κ2) is 12.1. The average molecular weight is 577 g/mol. The first kappa shape index (κ1) is 30.0. The number of aliphatic carboxylic acids is 2. The van der Waals surface area contributed by atoms with E-state index >= 15 is 0 Å². The standard InChI is InChI=1S/C21H26N4O6S.C2HF3O2/c1-2-8-31-21(30)24-6-3-4-14(24)10-23-7-5-12(17(23)26)9-13-11-32-19-15(22)18(27)25(19)16(13)20(28)29;3-2(4,5)1(6)7/h2,9,14-15,19H,1,3-8,10-11,22H2,(H,28,29);(H,6,7)/t14-,15+,19+;/m0./s1. The van der Waals surface area contributed by atoms with Crippen LogP contribution in [0.1, 0.15) is 19.3 Å². The lowest BCUT2D eigenvalue weighted by atomic mass is 10.0. The molecule has 39 heavy (non-hydrogen) atoms. The lowest BCUT2D eigenvalue weighted by molar-refractivity contribution is -0.192. The second-order valence-electron chi connectivity index (χ2n) is 8.94. The van der Waals surface area contributed by atoms with Crippen molar-refractivity contribution >= 4 is 41.6 Å². The molecule has 4 rings (SSSR count). The summed E-state index contributed by atoms with van der Waals surface area (Å²) in [7, 11) is 0. The Hall–Kier alpha value is -3.53. The summed E-state index contributed by atoms with van der Waals surface area (Å²) in [6.45, 7) is 5.17. The maximum atomic E-state index is 13.0. The Morgan fingerprint density at radius 2 is 1.87 bits per heavy atom. The van der Waals surface area contributed by atoms with Gasteiger partial charge in [0.2, 0.25) is 11.8 Å². The van der Waals surface area contributed by atoms with Gasteiger partial charge in [-0.15, -0.1) is 11.8 Å². The van der Waals surface area contributed by atoms with Gasteiger partial charge in [-0.1, -0.05) is 12.7 Å². The summed E-state index contributed by atoms with van der Waals surface area (Å²) >= 11 is 1.40. The molecule has 4 heterocycles. The molecule has 16 heteroatoms. The molecule has 3 fully saturated rings. The third kappa shape index (κ3) is 6.55. The number of nitrogens with two attached hydrogens (primary N) is 1. The molecule has 0 saturated carbocycles. The molecule has 0 radical (unpaired) electrons. The number of hydrogen-bond donors (Lipinski definition) is 3. The summed E-state index contributed by atoms with van der Waals surface area (Å²) in [4.78, 5) is 62.7. The molecule has 3 saturated heterocycles. The number of likely N-dealkylation sites (tertiary alicyclic amines) is 2. The molecular formula is C23H27F3N4O8S. The first-order valence-electron chi connectivity index (χ1n) is 11.8. The number of rotatable bonds is 6. The molecule has 0 aromatic heterocycles. The molecule has 0 aliphatic carbocycles. The fourth-order valence-corrected chi connectivity index (χ4v) is 5.82. The zero-order chi connectivity index (χ0) is 29.1. The number of thioether (sulfide) groups is 1. The van der Waals surface area contributed by atoms with Crippen molar-refractivity contribution in [3.8, 4) is 0 Å². The first-order valence-corrected chi connectivity index (χ1v) is 12.8. The number of carbonyl (C=O) groups is 5. The van der Waals surface area contributed by atoms with Gasteiger partial charge < -0.3 is 30.5 Å². The van der Waals surface area contributed by atoms with Crippen LogP contribution in [0.4, 0.5) is 18.0 Å². The van der Waals surface area contributed by atoms with Crippen molar-refractivity contribution in [1.29, 1.82) is 0 Å². The van der Waals surface area contributed by atoms with Gasteiger partial charge in [0.05, 0.1) is 6.04 Å². The second-order valence-corrected chi connectivity index (χ2v) is 10.0. The molecule has 0 aromatic rings. The van der Waals surface area contributed by atoms with Gasteiger partial charge in [0.1, 0.15) is 23.7 Å². The maximum Gasteiger partial charge on any atom is 0.490 e. The predicted molar refractivity (Wildman–Crippen MR) is 130 cm³/mol. The number of hydrogen-bond acceptors (Lipinski definition) is 8. The summed E-state index contributed by atoms with van der Waals surface area (Å²) in [6.07, 6.45) is -0.260. The number of nitrogens with zero attached hydrogens (tertiary/aromatic N) is 3. The number of allylic oxidation sites excluding steroid dienone is 1. The molecule has 4 aliphatic heterocycles. The fourth-order valence-electron chi connectivity index (χ4n) is 4.57. The van der Waals surface area contributed by atoms with E-state index in [1.165, 1.54) is 22.7 Å². The summed E-state index contributed by atoms with van der Waals surface area (Å²) in [5.41, 5.74) is 6.64. The number of carboxylic acids is 2. The van der Waals surface area contributed by atoms with Crippen LogP contribution in [0.5, 0.6) is 0 Å². The zero-order valence-corrected chi connectivity index (χ0v) is 21.4. The minimum absolute atomic E-state index is 0.0915. The molecular weight excluding hydrogens is 549 g/mol. The predicted octanol–water partition coefficient (Wildman–Crippen LogP) is 1.15. The van der Waals surface area contributed by atoms with E-state index < -0.39 is 36.2 Å². The van der Waals surface area contributed by atoms with Crippen LogP contribution in [-0.4, -0.2) is 110 Å². The van der Waals surface area contributed by atoms with Gasteiger partial charge in [-0.2, -0.15) is 13.2 Å². The Kier molecular flexibility index (Phi) is 9.32. The SMILES string of the molecule is C=CCOC(=O)N1CCC[C@H]1CN1CCC(=CC2=C(C(=O)O)N3C(=O)[C@@H](N)[C@H]3SC2)C1=O.O=C(O)C(F)(F)F. The molecule has 3 amide bonds. The van der Waals surface area contributed by atoms with Crippen LogP contribution >= 0.6 is 11.8 Å². The van der Waals surface area contributed by atoms with Crippen LogP contribution in [0.2, 0.25) is 0 Å². The summed E-state index contributed by atoms with van der Waals surface area (Å²) in [6, 6.07) is -0.810. The van der Waals surface area contributed by atoms with E-state index in [1.807, 2.05) is 0 Å². The maximum absolute atomic E-state index is 13.0. The molecule has 3 atom stereocenters. The van der Waals surface area contributed by atoms with Gasteiger partial charge in [0.15, 0.2) is 0 Å². The van der Waals surface area contributed by atoms with Gasteiger partial charge >= 0.3 is 24.2 Å². The molecule has 214 valence electrons. The van der Waals surface area contributed by atoms with Crippen molar-refractivity contribution in [2.75, 3.05) is 32.0 Å². The fraction of sp³-hybridized carbons (Fsp3) is 0.522. The number of ether oxygens (including phenoxy) is 1. The Balaban J connectivity index is 0.000000532. The quantitative estimate of drug-likeness (QED) is 0.237. The number of halogens is 3. The van der Waals surface area contributed by atoms with Crippen LogP contribution in [-0.2, 0) is 23.9 Å². The van der Waals surface area contributed by atoms with Gasteiger partial charge in [-0.25, -0.2) is 14.4 Å². The van der Waals surface area contributed by atoms with Crippen LogP contribution in [0.25, 0.3) is 0 Å². The highest BCUT2D eigenvalue weighted by Crippen LogP contribution is 2.40. The van der Waals surface area contributed by atoms with Crippen LogP contribution in [0, 0.1) is 0 Å². The molecule has 12 nitrogen and oxygen atoms in total. The molecule has 0 aromatic carbocycles. The van der Waals surface area contributed by atoms with E-state index in [-0.39, 0.29) is 29.6 Å². The van der Waals surface area contributed by atoms with E-state index in [9.17, 15) is 37.5 Å². The van der Waals surface area contributed by atoms with Crippen molar-refractivity contribution < 1.29 is 52.1 Å². The zero-order valence-electron chi connectivity index (χ0n) is 20.6. The van der Waals surface area contributed by atoms with E-state index in [4.69, 9.17) is 20.4 Å². The van der Waals surface area contributed by atoms with Crippen LogP contribution in [0.3, 0.4) is 0 Å². The molecule has 4 N–H and O–H groups in total. The molecule has 0 spiro atoms. The van der Waals surface area contributed by atoms with Crippen molar-refractivity contribution in [3.63, 3.8) is 0 Å². The summed E-state index contributed by atoms with van der Waals surface area (Å²) < 4.78 is 36.9. The molecule has 4 aliphatic rings. The van der Waals surface area contributed by atoms with E-state index in [2.05, 4.69) is 6.58 Å². The first-order chi connectivity index (χ1) is 18.3. The number of amides is 3. The Bertz CT molecular complexity index is 1130. The lowest BCUT2D eigenvalue weighted by Crippen LogP contribution is -2.68. The summed E-state index contributed by atoms with van der Waals surface area (Å²) in [5.74, 6) is -4.18. The van der Waals surface area contributed by atoms with E-state index in [0.717, 1.165) is 12.8 Å². The topological polar surface area (TPSA) is 171 Å². The van der Waals surface area contributed by atoms with Crippen molar-refractivity contribution in [1.82, 2.24) is 14.7 Å². The van der Waals surface area contributed by atoms with Gasteiger partial charge in [-0.3, -0.25) is 14.5 Å². The van der Waals surface area contributed by atoms with Crippen LogP contribution in [0.15, 0.2) is 35.6 Å². The van der Waals surface area contributed by atoms with Crippen molar-refractivity contribution in [3.05, 3.63) is 35.6 Å². The number of carbonyl (C=O) groups excluding carboxylic acids is 3. The monoisotopic (exact) mass is 576 g/mol. The van der Waals surface area contributed by atoms with Crippen LogP contribution < -0.4 is 5.73 Å². The number of alkyl halides is 3. The van der Waals surface area contributed by atoms with Crippen molar-refractivity contribution in [2.45, 2.75) is 42.9 Å². The van der Waals surface area contributed by atoms with Gasteiger partial charge in [-0.05, 0) is 30.9 Å². The van der Waals surface area contributed by atoms with E-state index in [0.29, 0.717) is 43.0 Å². The molecule has 0 bridgehead atoms. The molecule has 0 unspecified atom stereocenters. The number of fused-ring (bicyclic) bond motifs is 1. The smallest absolute Gasteiger partial charge is 0.477 e. The Morgan fingerprint density at radius 3 is 2.46 bits per heavy atom. The minimum atomic E-state index is -5.08. The third-order valence-corrected chi connectivity index (χ3v) is 7.74. The van der Waals surface area contributed by atoms with Gasteiger partial charge in [0.25, 0.3) is 0 Å². The number of carboxylic acid groups (broad SMARTS) is 2. The number of β-lactam (4-membered cyclic amide) rings is 1. The highest BCUT2D eigenvalue weighted by atomic mass is 32.2. The highest BCUT2D eigenvalue weighted by Gasteiger charge is 2.51. The summed E-state index contributed by atoms with van der Waals surface area (Å²) in [5, 5.41) is 16.4. The Labute approximate surface area is 224 Å². The third-order valence-electron chi connectivity index (χ3n) is 6.41.